The van der Waals surface area contributed by atoms with Crippen molar-refractivity contribution in [3.05, 3.63) is 40.9 Å². The van der Waals surface area contributed by atoms with Crippen molar-refractivity contribution < 1.29 is 37.3 Å². The number of esters is 1. The van der Waals surface area contributed by atoms with E-state index in [1.54, 1.807) is 0 Å². The van der Waals surface area contributed by atoms with Crippen LogP contribution < -0.4 is 4.74 Å². The van der Waals surface area contributed by atoms with Gasteiger partial charge in [0.2, 0.25) is 0 Å². The van der Waals surface area contributed by atoms with E-state index in [9.17, 15) is 22.8 Å². The van der Waals surface area contributed by atoms with Gasteiger partial charge >= 0.3 is 18.3 Å². The van der Waals surface area contributed by atoms with E-state index in [0.717, 1.165) is 18.2 Å². The fraction of sp³-hybridized carbons (Fsp3) is 0.333. The molecule has 9 heteroatoms. The highest BCUT2D eigenvalue weighted by Gasteiger charge is 2.43. The molecule has 0 saturated heterocycles. The number of ether oxygens (including phenoxy) is 2. The largest absolute Gasteiger partial charge is 0.573 e. The van der Waals surface area contributed by atoms with Gasteiger partial charge in [-0.3, -0.25) is 0 Å². The van der Waals surface area contributed by atoms with Crippen molar-refractivity contribution in [3.8, 4) is 5.75 Å². The van der Waals surface area contributed by atoms with Crippen molar-refractivity contribution in [2.24, 2.45) is 0 Å². The Balaban J connectivity index is 2.26. The molecule has 0 amide bonds. The summed E-state index contributed by atoms with van der Waals surface area (Å²) in [6.45, 7) is 0. The lowest BCUT2D eigenvalue weighted by atomic mass is 9.74. The number of alkyl halides is 3. The summed E-state index contributed by atoms with van der Waals surface area (Å²) in [6.07, 6.45) is -2.07. The van der Waals surface area contributed by atoms with E-state index in [0.29, 0.717) is 25.3 Å². The third-order valence-corrected chi connectivity index (χ3v) is 3.67. The minimum absolute atomic E-state index is 0.00449. The number of carbonyl (C=O) groups is 2. The molecular formula is C15H12ClF3O5. The first-order valence-corrected chi connectivity index (χ1v) is 7.18. The molecule has 0 heterocycles. The zero-order valence-corrected chi connectivity index (χ0v) is 12.9. The Morgan fingerprint density at radius 3 is 2.38 bits per heavy atom. The standard InChI is InChI=1S/C15H12ClF3O5/c16-10-6-9(7-11(8-10)23-15(17,18)19)14(4-1-5-14)24-13(22)3-2-12(20)21/h2-3,6-8H,1,4-5H2,(H,20,21)/b3-2+. The van der Waals surface area contributed by atoms with Crippen LogP contribution in [0.4, 0.5) is 13.2 Å². The summed E-state index contributed by atoms with van der Waals surface area (Å²) in [4.78, 5) is 22.1. The first kappa shape index (κ1) is 18.1. The average molecular weight is 365 g/mol. The van der Waals surface area contributed by atoms with Crippen LogP contribution in [0.25, 0.3) is 0 Å². The second-order valence-electron chi connectivity index (χ2n) is 5.16. The number of hydrogen-bond donors (Lipinski definition) is 1. The lowest BCUT2D eigenvalue weighted by Gasteiger charge is -2.41. The van der Waals surface area contributed by atoms with Gasteiger partial charge in [0.25, 0.3) is 0 Å². The number of hydrogen-bond acceptors (Lipinski definition) is 4. The van der Waals surface area contributed by atoms with Gasteiger partial charge in [-0.15, -0.1) is 13.2 Å². The quantitative estimate of drug-likeness (QED) is 0.635. The summed E-state index contributed by atoms with van der Waals surface area (Å²) in [5, 5.41) is 8.49. The van der Waals surface area contributed by atoms with Crippen LogP contribution in [0.15, 0.2) is 30.4 Å². The maximum absolute atomic E-state index is 12.4. The molecule has 1 aliphatic carbocycles. The number of rotatable bonds is 5. The second kappa shape index (κ2) is 6.72. The molecule has 1 saturated carbocycles. The zero-order chi connectivity index (χ0) is 18.0. The van der Waals surface area contributed by atoms with Crippen LogP contribution in [0.3, 0.4) is 0 Å². The number of aliphatic carboxylic acids is 1. The Morgan fingerprint density at radius 2 is 1.88 bits per heavy atom. The Hall–Kier alpha value is -2.22. The highest BCUT2D eigenvalue weighted by molar-refractivity contribution is 6.30. The highest BCUT2D eigenvalue weighted by Crippen LogP contribution is 2.46. The molecular weight excluding hydrogens is 353 g/mol. The summed E-state index contributed by atoms with van der Waals surface area (Å²) in [5.41, 5.74) is -0.883. The molecule has 0 bridgehead atoms. The van der Waals surface area contributed by atoms with Crippen molar-refractivity contribution in [3.63, 3.8) is 0 Å². The maximum Gasteiger partial charge on any atom is 0.573 e. The molecule has 24 heavy (non-hydrogen) atoms. The van der Waals surface area contributed by atoms with Gasteiger partial charge in [-0.25, -0.2) is 9.59 Å². The van der Waals surface area contributed by atoms with Crippen LogP contribution in [0, 0.1) is 0 Å². The third-order valence-electron chi connectivity index (χ3n) is 3.45. The predicted molar refractivity (Wildman–Crippen MR) is 76.5 cm³/mol. The topological polar surface area (TPSA) is 72.8 Å². The van der Waals surface area contributed by atoms with E-state index in [1.807, 2.05) is 0 Å². The van der Waals surface area contributed by atoms with E-state index in [2.05, 4.69) is 4.74 Å². The van der Waals surface area contributed by atoms with E-state index in [4.69, 9.17) is 21.4 Å². The van der Waals surface area contributed by atoms with Gasteiger partial charge in [0.15, 0.2) is 0 Å². The smallest absolute Gasteiger partial charge is 0.478 e. The summed E-state index contributed by atoms with van der Waals surface area (Å²) in [5.74, 6) is -2.75. The summed E-state index contributed by atoms with van der Waals surface area (Å²) >= 11 is 5.83. The van der Waals surface area contributed by atoms with Crippen LogP contribution in [0.1, 0.15) is 24.8 Å². The number of benzene rings is 1. The van der Waals surface area contributed by atoms with E-state index >= 15 is 0 Å². The van der Waals surface area contributed by atoms with Gasteiger partial charge < -0.3 is 14.6 Å². The van der Waals surface area contributed by atoms with Gasteiger partial charge in [-0.2, -0.15) is 0 Å². The van der Waals surface area contributed by atoms with Crippen LogP contribution in [0.2, 0.25) is 5.02 Å². The molecule has 0 aromatic heterocycles. The highest BCUT2D eigenvalue weighted by atomic mass is 35.5. The van der Waals surface area contributed by atoms with E-state index in [-0.39, 0.29) is 10.6 Å². The van der Waals surface area contributed by atoms with E-state index in [1.165, 1.54) is 6.07 Å². The number of carboxylic acid groups (broad SMARTS) is 1. The first-order chi connectivity index (χ1) is 11.1. The Bertz CT molecular complexity index is 680. The first-order valence-electron chi connectivity index (χ1n) is 6.80. The van der Waals surface area contributed by atoms with Gasteiger partial charge in [-0.05, 0) is 37.5 Å². The molecule has 5 nitrogen and oxygen atoms in total. The average Bonchev–Trinajstić information content (AvgIpc) is 2.37. The van der Waals surface area contributed by atoms with Gasteiger partial charge in [-0.1, -0.05) is 11.6 Å². The van der Waals surface area contributed by atoms with Crippen molar-refractivity contribution in [1.82, 2.24) is 0 Å². The molecule has 1 fully saturated rings. The van der Waals surface area contributed by atoms with Crippen LogP contribution in [-0.2, 0) is 19.9 Å². The molecule has 1 aromatic rings. The predicted octanol–water partition coefficient (Wildman–Crippen LogP) is 3.80. The Labute approximate surface area is 139 Å². The number of carboxylic acids is 1. The molecule has 130 valence electrons. The minimum atomic E-state index is -4.88. The minimum Gasteiger partial charge on any atom is -0.478 e. The van der Waals surface area contributed by atoms with Crippen LogP contribution >= 0.6 is 11.6 Å². The SMILES string of the molecule is O=C(O)/C=C/C(=O)OC1(c2cc(Cl)cc(OC(F)(F)F)c2)CCC1. The third kappa shape index (κ3) is 4.64. The van der Waals surface area contributed by atoms with Gasteiger partial charge in [0, 0.05) is 22.7 Å². The van der Waals surface area contributed by atoms with Crippen LogP contribution in [0.5, 0.6) is 5.75 Å². The molecule has 2 rings (SSSR count). The summed E-state index contributed by atoms with van der Waals surface area (Å²) in [6, 6.07) is 3.49. The summed E-state index contributed by atoms with van der Waals surface area (Å²) < 4.78 is 46.2. The molecule has 0 atom stereocenters. The fourth-order valence-corrected chi connectivity index (χ4v) is 2.56. The summed E-state index contributed by atoms with van der Waals surface area (Å²) in [7, 11) is 0. The molecule has 1 aliphatic rings. The van der Waals surface area contributed by atoms with Gasteiger partial charge in [0.05, 0.1) is 0 Å². The molecule has 0 radical (unpaired) electrons. The monoisotopic (exact) mass is 364 g/mol. The van der Waals surface area contributed by atoms with Crippen LogP contribution in [-0.4, -0.2) is 23.4 Å². The number of carbonyl (C=O) groups excluding carboxylic acids is 1. The molecule has 0 spiro atoms. The molecule has 0 unspecified atom stereocenters. The van der Waals surface area contributed by atoms with Crippen molar-refractivity contribution in [2.45, 2.75) is 31.2 Å². The maximum atomic E-state index is 12.4. The zero-order valence-electron chi connectivity index (χ0n) is 12.1. The lowest BCUT2D eigenvalue weighted by Crippen LogP contribution is -2.39. The molecule has 0 aliphatic heterocycles. The van der Waals surface area contributed by atoms with E-state index < -0.39 is 29.7 Å². The second-order valence-corrected chi connectivity index (χ2v) is 5.60. The number of halogens is 4. The molecule has 1 aromatic carbocycles. The Morgan fingerprint density at radius 1 is 1.21 bits per heavy atom. The van der Waals surface area contributed by atoms with Crippen molar-refractivity contribution >= 4 is 23.5 Å². The lowest BCUT2D eigenvalue weighted by molar-refractivity contribution is -0.274. The van der Waals surface area contributed by atoms with Crippen molar-refractivity contribution in [2.75, 3.05) is 0 Å². The fourth-order valence-electron chi connectivity index (χ4n) is 2.33. The van der Waals surface area contributed by atoms with Gasteiger partial charge in [0.1, 0.15) is 11.4 Å². The van der Waals surface area contributed by atoms with Crippen molar-refractivity contribution in [1.29, 1.82) is 0 Å². The normalized spacial score (nSPS) is 16.5. The Kier molecular flexibility index (Phi) is 5.08. The molecule has 1 N–H and O–H groups in total.